The largest absolute Gasteiger partial charge is 0.458 e. The molecule has 2 amide bonds. The minimum absolute atomic E-state index is 0.00272. The highest BCUT2D eigenvalue weighted by molar-refractivity contribution is 8.13. The number of hydrogen-bond acceptors (Lipinski definition) is 9. The molecule has 0 radical (unpaired) electrons. The number of esters is 1. The van der Waals surface area contributed by atoms with Crippen LogP contribution in [0.4, 0.5) is 0 Å². The molecule has 0 saturated carbocycles. The fourth-order valence-electron chi connectivity index (χ4n) is 4.20. The van der Waals surface area contributed by atoms with E-state index in [1.54, 1.807) is 32.5 Å². The van der Waals surface area contributed by atoms with Crippen LogP contribution in [-0.2, 0) is 23.9 Å². The summed E-state index contributed by atoms with van der Waals surface area (Å²) in [6.07, 6.45) is 18.7. The Morgan fingerprint density at radius 1 is 0.810 bits per heavy atom. The Hall–Kier alpha value is -1.30. The van der Waals surface area contributed by atoms with Gasteiger partial charge in [-0.15, -0.1) is 0 Å². The minimum Gasteiger partial charge on any atom is -0.458 e. The number of ether oxygens (including phenoxy) is 1. The molecule has 0 aromatic carbocycles. The fourth-order valence-corrected chi connectivity index (χ4v) is 5.55. The first-order chi connectivity index (χ1) is 19.9. The SMILES string of the molecule is CCCCCCCCCCCCCCCC(=O)SC[C@H](NC(=O)[C@H](CO)NC(=O)[C@@H](N)CCSC)C(=O)OC(C)(C)C. The van der Waals surface area contributed by atoms with Crippen molar-refractivity contribution in [3.8, 4) is 0 Å². The van der Waals surface area contributed by atoms with E-state index in [0.717, 1.165) is 31.0 Å². The number of aliphatic hydroxyl groups excluding tert-OH is 1. The van der Waals surface area contributed by atoms with Gasteiger partial charge >= 0.3 is 5.97 Å². The van der Waals surface area contributed by atoms with Crippen LogP contribution < -0.4 is 16.4 Å². The van der Waals surface area contributed by atoms with Crippen molar-refractivity contribution < 1.29 is 29.0 Å². The summed E-state index contributed by atoms with van der Waals surface area (Å²) in [5.41, 5.74) is 5.07. The van der Waals surface area contributed by atoms with Gasteiger partial charge < -0.3 is 26.2 Å². The molecule has 246 valence electrons. The minimum atomic E-state index is -1.28. The summed E-state index contributed by atoms with van der Waals surface area (Å²) in [7, 11) is 0. The van der Waals surface area contributed by atoms with E-state index < -0.39 is 48.1 Å². The number of nitrogens with two attached hydrogens (primary N) is 1. The molecule has 0 fully saturated rings. The molecular weight excluding hydrogens is 574 g/mol. The van der Waals surface area contributed by atoms with Crippen molar-refractivity contribution in [3.05, 3.63) is 0 Å². The molecule has 0 unspecified atom stereocenters. The molecule has 0 saturated heterocycles. The summed E-state index contributed by atoms with van der Waals surface area (Å²) in [4.78, 5) is 50.5. The van der Waals surface area contributed by atoms with Crippen LogP contribution in [0, 0.1) is 0 Å². The second-order valence-corrected chi connectivity index (χ2v) is 14.0. The number of nitrogens with one attached hydrogen (secondary N) is 2. The molecule has 0 aromatic rings. The van der Waals surface area contributed by atoms with Gasteiger partial charge in [0.25, 0.3) is 0 Å². The average molecular weight is 634 g/mol. The molecule has 9 nitrogen and oxygen atoms in total. The number of carbonyl (C=O) groups is 4. The zero-order chi connectivity index (χ0) is 31.8. The topological polar surface area (TPSA) is 148 Å². The van der Waals surface area contributed by atoms with Crippen LogP contribution in [-0.4, -0.2) is 76.1 Å². The molecule has 0 rings (SSSR count). The predicted molar refractivity (Wildman–Crippen MR) is 176 cm³/mol. The third-order valence-electron chi connectivity index (χ3n) is 6.69. The Bertz CT molecular complexity index is 763. The summed E-state index contributed by atoms with van der Waals surface area (Å²) in [5, 5.41) is 14.6. The van der Waals surface area contributed by atoms with E-state index in [1.807, 2.05) is 6.26 Å². The molecule has 0 aliphatic rings. The number of carbonyl (C=O) groups excluding carboxylic acids is 4. The molecular formula is C31H59N3O6S2. The van der Waals surface area contributed by atoms with Crippen molar-refractivity contribution in [2.24, 2.45) is 5.73 Å². The van der Waals surface area contributed by atoms with Gasteiger partial charge in [-0.05, 0) is 45.6 Å². The highest BCUT2D eigenvalue weighted by atomic mass is 32.2. The maximum atomic E-state index is 12.8. The smallest absolute Gasteiger partial charge is 0.330 e. The number of amides is 2. The first-order valence-electron chi connectivity index (χ1n) is 15.8. The van der Waals surface area contributed by atoms with E-state index in [0.29, 0.717) is 18.6 Å². The molecule has 11 heteroatoms. The van der Waals surface area contributed by atoms with Gasteiger partial charge in [0.05, 0.1) is 12.6 Å². The Labute approximate surface area is 263 Å². The van der Waals surface area contributed by atoms with Gasteiger partial charge in [0.1, 0.15) is 17.7 Å². The van der Waals surface area contributed by atoms with Crippen molar-refractivity contribution in [1.82, 2.24) is 10.6 Å². The van der Waals surface area contributed by atoms with Crippen LogP contribution in [0.1, 0.15) is 124 Å². The van der Waals surface area contributed by atoms with Crippen LogP contribution >= 0.6 is 23.5 Å². The van der Waals surface area contributed by atoms with Gasteiger partial charge in [-0.1, -0.05) is 95.7 Å². The second kappa shape index (κ2) is 25.1. The number of unbranched alkanes of at least 4 members (excludes halogenated alkanes) is 12. The molecule has 0 bridgehead atoms. The lowest BCUT2D eigenvalue weighted by Crippen LogP contribution is -2.56. The maximum absolute atomic E-state index is 12.8. The Morgan fingerprint density at radius 2 is 1.31 bits per heavy atom. The van der Waals surface area contributed by atoms with Gasteiger partial charge in [-0.3, -0.25) is 14.4 Å². The average Bonchev–Trinajstić information content (AvgIpc) is 2.93. The fraction of sp³-hybridized carbons (Fsp3) is 0.871. The predicted octanol–water partition coefficient (Wildman–Crippen LogP) is 5.11. The highest BCUT2D eigenvalue weighted by Crippen LogP contribution is 2.17. The number of hydrogen-bond donors (Lipinski definition) is 4. The lowest BCUT2D eigenvalue weighted by Gasteiger charge is -2.26. The molecule has 0 heterocycles. The number of aliphatic hydroxyl groups is 1. The van der Waals surface area contributed by atoms with Crippen molar-refractivity contribution in [2.75, 3.05) is 24.4 Å². The maximum Gasteiger partial charge on any atom is 0.330 e. The Morgan fingerprint density at radius 3 is 1.79 bits per heavy atom. The molecule has 42 heavy (non-hydrogen) atoms. The van der Waals surface area contributed by atoms with Crippen molar-refractivity contribution in [2.45, 2.75) is 148 Å². The van der Waals surface area contributed by atoms with Crippen LogP contribution in [0.3, 0.4) is 0 Å². The van der Waals surface area contributed by atoms with E-state index in [-0.39, 0.29) is 10.9 Å². The summed E-state index contributed by atoms with van der Waals surface area (Å²) in [6.45, 7) is 6.71. The normalized spacial score (nSPS) is 13.7. The molecule has 0 aliphatic heterocycles. The Kier molecular flexibility index (Phi) is 24.3. The van der Waals surface area contributed by atoms with Crippen LogP contribution in [0.15, 0.2) is 0 Å². The van der Waals surface area contributed by atoms with E-state index in [9.17, 15) is 24.3 Å². The molecule has 5 N–H and O–H groups in total. The number of rotatable bonds is 25. The summed E-state index contributed by atoms with van der Waals surface area (Å²) in [6, 6.07) is -3.22. The standard InChI is InChI=1S/C31H59N3O6S2/c1-6-7-8-9-10-11-12-13-14-15-16-17-18-19-27(36)42-23-26(30(39)40-31(2,3)4)34-29(38)25(22-35)33-28(37)24(32)20-21-41-5/h24-26,35H,6-23,32H2,1-5H3,(H,33,37)(H,34,38)/t24-,25-,26-/m0/s1. The Balaban J connectivity index is 4.57. The summed E-state index contributed by atoms with van der Waals surface area (Å²) in [5.74, 6) is -1.32. The van der Waals surface area contributed by atoms with E-state index in [4.69, 9.17) is 10.5 Å². The molecule has 3 atom stereocenters. The van der Waals surface area contributed by atoms with Crippen LogP contribution in [0.25, 0.3) is 0 Å². The monoisotopic (exact) mass is 633 g/mol. The molecule has 0 aliphatic carbocycles. The van der Waals surface area contributed by atoms with Crippen molar-refractivity contribution in [1.29, 1.82) is 0 Å². The van der Waals surface area contributed by atoms with E-state index >= 15 is 0 Å². The quantitative estimate of drug-likeness (QED) is 0.0795. The van der Waals surface area contributed by atoms with E-state index in [2.05, 4.69) is 17.6 Å². The molecule has 0 spiro atoms. The number of thioether (sulfide) groups is 2. The summed E-state index contributed by atoms with van der Waals surface area (Å²) >= 11 is 2.53. The summed E-state index contributed by atoms with van der Waals surface area (Å²) < 4.78 is 5.44. The van der Waals surface area contributed by atoms with Crippen molar-refractivity contribution in [3.63, 3.8) is 0 Å². The third kappa shape index (κ3) is 22.3. The van der Waals surface area contributed by atoms with Gasteiger partial charge in [0.2, 0.25) is 11.8 Å². The lowest BCUT2D eigenvalue weighted by molar-refractivity contribution is -0.158. The van der Waals surface area contributed by atoms with Gasteiger partial charge in [-0.25, -0.2) is 4.79 Å². The second-order valence-electron chi connectivity index (χ2n) is 11.9. The van der Waals surface area contributed by atoms with E-state index in [1.165, 1.54) is 64.2 Å². The molecule has 0 aromatic heterocycles. The third-order valence-corrected chi connectivity index (χ3v) is 8.36. The first kappa shape index (κ1) is 40.7. The lowest BCUT2D eigenvalue weighted by atomic mass is 10.0. The van der Waals surface area contributed by atoms with Crippen molar-refractivity contribution >= 4 is 46.4 Å². The van der Waals surface area contributed by atoms with Gasteiger partial charge in [0, 0.05) is 12.2 Å². The zero-order valence-electron chi connectivity index (χ0n) is 26.8. The van der Waals surface area contributed by atoms with Gasteiger partial charge in [0.15, 0.2) is 5.12 Å². The zero-order valence-corrected chi connectivity index (χ0v) is 28.5. The van der Waals surface area contributed by atoms with Crippen LogP contribution in [0.2, 0.25) is 0 Å². The highest BCUT2D eigenvalue weighted by Gasteiger charge is 2.31. The van der Waals surface area contributed by atoms with Crippen LogP contribution in [0.5, 0.6) is 0 Å². The van der Waals surface area contributed by atoms with Gasteiger partial charge in [-0.2, -0.15) is 11.8 Å². The first-order valence-corrected chi connectivity index (χ1v) is 18.2.